The van der Waals surface area contributed by atoms with Crippen molar-refractivity contribution in [1.29, 1.82) is 0 Å². The van der Waals surface area contributed by atoms with Gasteiger partial charge in [-0.1, -0.05) is 0 Å². The minimum atomic E-state index is -0.225. The van der Waals surface area contributed by atoms with Crippen molar-refractivity contribution in [3.05, 3.63) is 43.4 Å². The van der Waals surface area contributed by atoms with Crippen molar-refractivity contribution in [2.24, 2.45) is 0 Å². The summed E-state index contributed by atoms with van der Waals surface area (Å²) < 4.78 is 16.5. The summed E-state index contributed by atoms with van der Waals surface area (Å²) in [5.41, 5.74) is 2.59. The molecule has 0 bridgehead atoms. The van der Waals surface area contributed by atoms with Crippen LogP contribution in [0.3, 0.4) is 0 Å². The van der Waals surface area contributed by atoms with Crippen molar-refractivity contribution in [3.8, 4) is 0 Å². The van der Waals surface area contributed by atoms with Crippen molar-refractivity contribution >= 4 is 56.6 Å². The molecule has 0 radical (unpaired) electrons. The van der Waals surface area contributed by atoms with Crippen molar-refractivity contribution < 1.29 is 4.39 Å². The topological polar surface area (TPSA) is 30.7 Å². The number of hydrogen-bond donors (Lipinski definition) is 0. The van der Waals surface area contributed by atoms with E-state index >= 15 is 0 Å². The van der Waals surface area contributed by atoms with Crippen molar-refractivity contribution in [3.63, 3.8) is 0 Å². The Bertz CT molecular complexity index is 799. The van der Waals surface area contributed by atoms with E-state index in [2.05, 4.69) is 9.97 Å². The van der Waals surface area contributed by atoms with Gasteiger partial charge in [-0.05, 0) is 35.6 Å². The maximum absolute atomic E-state index is 13.9. The van der Waals surface area contributed by atoms with Gasteiger partial charge in [0.2, 0.25) is 0 Å². The third-order valence-corrected chi connectivity index (χ3v) is 5.11. The molecule has 3 nitrogen and oxygen atoms in total. The monoisotopic (exact) mass is 435 g/mol. The van der Waals surface area contributed by atoms with Crippen LogP contribution in [0, 0.1) is 16.3 Å². The largest absolute Gasteiger partial charge is 0.321 e. The number of hydrogen-bond acceptors (Lipinski definition) is 3. The summed E-state index contributed by atoms with van der Waals surface area (Å²) >= 11 is 9.45. The lowest BCUT2D eigenvalue weighted by molar-refractivity contribution is 0.620. The van der Waals surface area contributed by atoms with Crippen LogP contribution in [0.5, 0.6) is 0 Å². The van der Waals surface area contributed by atoms with Crippen LogP contribution in [0.1, 0.15) is 16.5 Å². The van der Waals surface area contributed by atoms with E-state index in [0.717, 1.165) is 27.6 Å². The number of alkyl halides is 1. The first-order valence-electron chi connectivity index (χ1n) is 6.39. The number of thiazole rings is 1. The highest BCUT2D eigenvalue weighted by molar-refractivity contribution is 14.1. The highest BCUT2D eigenvalue weighted by Crippen LogP contribution is 2.24. The zero-order valence-electron chi connectivity index (χ0n) is 11.2. The molecule has 0 amide bonds. The molecule has 0 saturated carbocycles. The second-order valence-corrected chi connectivity index (χ2v) is 7.17. The first-order chi connectivity index (χ1) is 10.1. The van der Waals surface area contributed by atoms with E-state index in [9.17, 15) is 4.39 Å². The standard InChI is InChI=1S/C14H12ClFIN3S/c1-8-7-21-14(18-8)6-20-12-4-9(16)10(17)5-11(12)19-13(20)2-3-15/h4-5,7H,2-3,6H2,1H3. The molecule has 21 heavy (non-hydrogen) atoms. The maximum atomic E-state index is 13.9. The van der Waals surface area contributed by atoms with Crippen LogP contribution in [0.4, 0.5) is 4.39 Å². The van der Waals surface area contributed by atoms with Gasteiger partial charge in [-0.3, -0.25) is 0 Å². The second-order valence-electron chi connectivity index (χ2n) is 4.69. The summed E-state index contributed by atoms with van der Waals surface area (Å²) in [7, 11) is 0. The van der Waals surface area contributed by atoms with Crippen molar-refractivity contribution in [2.45, 2.75) is 19.9 Å². The molecule has 1 aromatic carbocycles. The molecule has 0 aliphatic rings. The molecule has 0 N–H and O–H groups in total. The van der Waals surface area contributed by atoms with E-state index in [1.54, 1.807) is 23.5 Å². The van der Waals surface area contributed by atoms with Gasteiger partial charge in [-0.25, -0.2) is 14.4 Å². The Morgan fingerprint density at radius 2 is 2.19 bits per heavy atom. The van der Waals surface area contributed by atoms with E-state index in [1.807, 2.05) is 39.5 Å². The van der Waals surface area contributed by atoms with Gasteiger partial charge >= 0.3 is 0 Å². The Hall–Kier alpha value is -0.730. The van der Waals surface area contributed by atoms with Crippen LogP contribution in [0.2, 0.25) is 0 Å². The molecule has 3 aromatic rings. The first kappa shape index (κ1) is 15.2. The quantitative estimate of drug-likeness (QED) is 0.450. The van der Waals surface area contributed by atoms with Gasteiger partial charge < -0.3 is 4.57 Å². The summed E-state index contributed by atoms with van der Waals surface area (Å²) in [5, 5.41) is 3.00. The summed E-state index contributed by atoms with van der Waals surface area (Å²) in [6.07, 6.45) is 0.652. The third kappa shape index (κ3) is 3.07. The molecule has 0 spiro atoms. The molecule has 2 aromatic heterocycles. The Kier molecular flexibility index (Phi) is 4.46. The lowest BCUT2D eigenvalue weighted by Crippen LogP contribution is -2.06. The highest BCUT2D eigenvalue weighted by Gasteiger charge is 2.14. The van der Waals surface area contributed by atoms with Crippen LogP contribution in [0.25, 0.3) is 11.0 Å². The molecule has 0 unspecified atom stereocenters. The fourth-order valence-corrected chi connectivity index (χ4v) is 3.61. The van der Waals surface area contributed by atoms with Crippen LogP contribution in [0.15, 0.2) is 17.5 Å². The Morgan fingerprint density at radius 3 is 2.86 bits per heavy atom. The number of fused-ring (bicyclic) bond motifs is 1. The summed E-state index contributed by atoms with van der Waals surface area (Å²) in [5.74, 6) is 1.13. The SMILES string of the molecule is Cc1csc(Cn2c(CCCl)nc3cc(I)c(F)cc32)n1. The third-order valence-electron chi connectivity index (χ3n) is 3.15. The van der Waals surface area contributed by atoms with Gasteiger partial charge in [0.15, 0.2) is 0 Å². The van der Waals surface area contributed by atoms with Crippen molar-refractivity contribution in [1.82, 2.24) is 14.5 Å². The number of aromatic nitrogens is 3. The smallest absolute Gasteiger partial charge is 0.138 e. The zero-order chi connectivity index (χ0) is 15.0. The number of aryl methyl sites for hydroxylation is 2. The normalized spacial score (nSPS) is 11.4. The molecule has 0 saturated heterocycles. The zero-order valence-corrected chi connectivity index (χ0v) is 15.0. The molecule has 0 aliphatic carbocycles. The number of nitrogens with zero attached hydrogens (tertiary/aromatic N) is 3. The molecule has 0 atom stereocenters. The Labute approximate surface area is 144 Å². The van der Waals surface area contributed by atoms with Gasteiger partial charge in [0.1, 0.15) is 16.6 Å². The molecule has 2 heterocycles. The van der Waals surface area contributed by atoms with E-state index < -0.39 is 0 Å². The molecule has 3 rings (SSSR count). The summed E-state index contributed by atoms with van der Waals surface area (Å²) in [6, 6.07) is 3.31. The van der Waals surface area contributed by atoms with Gasteiger partial charge in [0, 0.05) is 29.4 Å². The van der Waals surface area contributed by atoms with E-state index in [1.165, 1.54) is 0 Å². The fraction of sp³-hybridized carbons (Fsp3) is 0.286. The number of benzene rings is 1. The fourth-order valence-electron chi connectivity index (χ4n) is 2.23. The summed E-state index contributed by atoms with van der Waals surface area (Å²) in [4.78, 5) is 9.07. The van der Waals surface area contributed by atoms with Crippen LogP contribution in [-0.2, 0) is 13.0 Å². The van der Waals surface area contributed by atoms with Gasteiger partial charge in [-0.15, -0.1) is 22.9 Å². The lowest BCUT2D eigenvalue weighted by atomic mass is 10.3. The average Bonchev–Trinajstić information content (AvgIpc) is 2.97. The second kappa shape index (κ2) is 6.18. The van der Waals surface area contributed by atoms with Crippen LogP contribution >= 0.6 is 45.5 Å². The predicted octanol–water partition coefficient (Wildman–Crippen LogP) is 4.37. The molecule has 110 valence electrons. The Balaban J connectivity index is 2.12. The number of halogens is 3. The van der Waals surface area contributed by atoms with Gasteiger partial charge in [0.05, 0.1) is 21.1 Å². The average molecular weight is 436 g/mol. The predicted molar refractivity (Wildman–Crippen MR) is 92.8 cm³/mol. The lowest BCUT2D eigenvalue weighted by Gasteiger charge is -2.06. The molecule has 0 fully saturated rings. The minimum absolute atomic E-state index is 0.225. The van der Waals surface area contributed by atoms with Crippen LogP contribution in [-0.4, -0.2) is 20.4 Å². The Morgan fingerprint density at radius 1 is 1.38 bits per heavy atom. The van der Waals surface area contributed by atoms with Crippen LogP contribution < -0.4 is 0 Å². The molecule has 0 aliphatic heterocycles. The minimum Gasteiger partial charge on any atom is -0.321 e. The number of rotatable bonds is 4. The molecular weight excluding hydrogens is 424 g/mol. The molecule has 7 heteroatoms. The van der Waals surface area contributed by atoms with E-state index in [-0.39, 0.29) is 5.82 Å². The van der Waals surface area contributed by atoms with E-state index in [0.29, 0.717) is 22.4 Å². The number of imidazole rings is 1. The van der Waals surface area contributed by atoms with Gasteiger partial charge in [0.25, 0.3) is 0 Å². The van der Waals surface area contributed by atoms with Crippen molar-refractivity contribution in [2.75, 3.05) is 5.88 Å². The molecular formula is C14H12ClFIN3S. The van der Waals surface area contributed by atoms with E-state index in [4.69, 9.17) is 11.6 Å². The highest BCUT2D eigenvalue weighted by atomic mass is 127. The maximum Gasteiger partial charge on any atom is 0.138 e. The van der Waals surface area contributed by atoms with Gasteiger partial charge in [-0.2, -0.15) is 0 Å². The first-order valence-corrected chi connectivity index (χ1v) is 8.89. The summed E-state index contributed by atoms with van der Waals surface area (Å²) in [6.45, 7) is 2.56.